The molecule has 1 atom stereocenters. The molecule has 0 fully saturated rings. The molecule has 136 valence electrons. The molecule has 3 aromatic rings. The SMILES string of the molecule is C=CC(C=CBr)n1c(C=C(Cl)c2ccccc2)nc2cc(C=CC)ccc21. The van der Waals surface area contributed by atoms with Crippen molar-refractivity contribution < 1.29 is 0 Å². The molecule has 2 nitrogen and oxygen atoms in total. The van der Waals surface area contributed by atoms with Crippen molar-refractivity contribution in [2.75, 3.05) is 0 Å². The molecule has 4 heteroatoms. The number of rotatable bonds is 6. The summed E-state index contributed by atoms with van der Waals surface area (Å²) in [5, 5.41) is 0.645. The van der Waals surface area contributed by atoms with Crippen LogP contribution in [0.5, 0.6) is 0 Å². The van der Waals surface area contributed by atoms with Crippen molar-refractivity contribution in [2.45, 2.75) is 13.0 Å². The number of nitrogens with zero attached hydrogens (tertiary/aromatic N) is 2. The summed E-state index contributed by atoms with van der Waals surface area (Å²) in [6.07, 6.45) is 9.89. The molecule has 2 aromatic carbocycles. The molecule has 27 heavy (non-hydrogen) atoms. The molecule has 1 heterocycles. The fourth-order valence-corrected chi connectivity index (χ4v) is 3.52. The average molecular weight is 440 g/mol. The highest BCUT2D eigenvalue weighted by Crippen LogP contribution is 2.29. The van der Waals surface area contributed by atoms with Gasteiger partial charge in [0.05, 0.1) is 22.1 Å². The van der Waals surface area contributed by atoms with Crippen LogP contribution >= 0.6 is 27.5 Å². The molecule has 0 amide bonds. The zero-order valence-electron chi connectivity index (χ0n) is 15.0. The molecule has 3 rings (SSSR count). The van der Waals surface area contributed by atoms with Crippen LogP contribution in [0.4, 0.5) is 0 Å². The Balaban J connectivity index is 2.21. The Labute approximate surface area is 173 Å². The number of allylic oxidation sites excluding steroid dienone is 3. The van der Waals surface area contributed by atoms with Gasteiger partial charge >= 0.3 is 0 Å². The van der Waals surface area contributed by atoms with Crippen molar-refractivity contribution in [3.8, 4) is 0 Å². The summed E-state index contributed by atoms with van der Waals surface area (Å²) in [5.74, 6) is 0.784. The van der Waals surface area contributed by atoms with Gasteiger partial charge in [0.25, 0.3) is 0 Å². The van der Waals surface area contributed by atoms with E-state index in [0.29, 0.717) is 5.03 Å². The van der Waals surface area contributed by atoms with Gasteiger partial charge in [0.2, 0.25) is 0 Å². The smallest absolute Gasteiger partial charge is 0.136 e. The van der Waals surface area contributed by atoms with Gasteiger partial charge in [0.1, 0.15) is 5.82 Å². The molecule has 0 saturated heterocycles. The molecule has 0 bridgehead atoms. The second-order valence-electron chi connectivity index (χ2n) is 5.99. The summed E-state index contributed by atoms with van der Waals surface area (Å²) in [5.41, 5.74) is 4.02. The topological polar surface area (TPSA) is 17.8 Å². The number of halogens is 2. The van der Waals surface area contributed by atoms with E-state index in [4.69, 9.17) is 16.6 Å². The molecule has 0 spiro atoms. The zero-order chi connectivity index (χ0) is 19.2. The first-order valence-electron chi connectivity index (χ1n) is 8.64. The third kappa shape index (κ3) is 4.32. The van der Waals surface area contributed by atoms with Crippen LogP contribution in [0.1, 0.15) is 29.9 Å². The van der Waals surface area contributed by atoms with Crippen LogP contribution in [0, 0.1) is 0 Å². The van der Waals surface area contributed by atoms with Gasteiger partial charge in [-0.1, -0.05) is 88.2 Å². The molecule has 0 saturated carbocycles. The minimum Gasteiger partial charge on any atom is -0.314 e. The first kappa shape index (κ1) is 19.4. The van der Waals surface area contributed by atoms with Gasteiger partial charge in [0.15, 0.2) is 0 Å². The van der Waals surface area contributed by atoms with E-state index in [1.807, 2.05) is 66.5 Å². The molecule has 1 unspecified atom stereocenters. The fraction of sp³-hybridized carbons (Fsp3) is 0.0870. The van der Waals surface area contributed by atoms with Gasteiger partial charge in [-0.25, -0.2) is 4.98 Å². The highest BCUT2D eigenvalue weighted by atomic mass is 79.9. The van der Waals surface area contributed by atoms with Gasteiger partial charge in [-0.2, -0.15) is 0 Å². The number of hydrogen-bond acceptors (Lipinski definition) is 1. The third-order valence-electron chi connectivity index (χ3n) is 4.21. The maximum atomic E-state index is 6.59. The number of aromatic nitrogens is 2. The largest absolute Gasteiger partial charge is 0.314 e. The Kier molecular flexibility index (Phi) is 6.49. The Bertz CT molecular complexity index is 1030. The molecule has 0 aliphatic carbocycles. The minimum absolute atomic E-state index is 0.0477. The fourth-order valence-electron chi connectivity index (χ4n) is 2.98. The number of fused-ring (bicyclic) bond motifs is 1. The first-order valence-corrected chi connectivity index (χ1v) is 9.94. The lowest BCUT2D eigenvalue weighted by molar-refractivity contribution is 0.739. The van der Waals surface area contributed by atoms with Crippen molar-refractivity contribution >= 4 is 55.7 Å². The van der Waals surface area contributed by atoms with Crippen LogP contribution in [-0.2, 0) is 0 Å². The molecule has 0 radical (unpaired) electrons. The Hall–Kier alpha value is -2.36. The third-order valence-corrected chi connectivity index (χ3v) is 4.85. The predicted molar refractivity (Wildman–Crippen MR) is 122 cm³/mol. The van der Waals surface area contributed by atoms with Crippen LogP contribution in [-0.4, -0.2) is 9.55 Å². The second-order valence-corrected chi connectivity index (χ2v) is 6.93. The summed E-state index contributed by atoms with van der Waals surface area (Å²) in [6.45, 7) is 5.99. The second kappa shape index (κ2) is 9.03. The molecule has 0 N–H and O–H groups in total. The van der Waals surface area contributed by atoms with Gasteiger partial charge < -0.3 is 4.57 Å². The number of imidazole rings is 1. The summed E-state index contributed by atoms with van der Waals surface area (Å²) in [6, 6.07) is 16.1. The van der Waals surface area contributed by atoms with E-state index in [0.717, 1.165) is 28.0 Å². The van der Waals surface area contributed by atoms with Crippen LogP contribution < -0.4 is 0 Å². The maximum Gasteiger partial charge on any atom is 0.136 e. The minimum atomic E-state index is -0.0477. The molecule has 0 aliphatic rings. The van der Waals surface area contributed by atoms with Crippen molar-refractivity contribution in [1.82, 2.24) is 9.55 Å². The van der Waals surface area contributed by atoms with Gasteiger partial charge in [-0.3, -0.25) is 0 Å². The lowest BCUT2D eigenvalue weighted by Gasteiger charge is -2.14. The highest BCUT2D eigenvalue weighted by molar-refractivity contribution is 9.11. The zero-order valence-corrected chi connectivity index (χ0v) is 17.4. The predicted octanol–water partition coefficient (Wildman–Crippen LogP) is 7.44. The normalized spacial score (nSPS) is 13.7. The first-order chi connectivity index (χ1) is 13.2. The van der Waals surface area contributed by atoms with E-state index >= 15 is 0 Å². The van der Waals surface area contributed by atoms with Crippen molar-refractivity contribution in [1.29, 1.82) is 0 Å². The Morgan fingerprint density at radius 2 is 2.00 bits per heavy atom. The van der Waals surface area contributed by atoms with E-state index in [1.165, 1.54) is 0 Å². The van der Waals surface area contributed by atoms with E-state index in [-0.39, 0.29) is 6.04 Å². The standard InChI is InChI=1S/C23H20BrClN2/c1-3-8-17-11-12-22-21(15-17)26-23(27(22)19(4-2)13-14-24)16-20(25)18-9-6-5-7-10-18/h3-16,19H,2H2,1H3. The lowest BCUT2D eigenvalue weighted by Crippen LogP contribution is -2.05. The lowest BCUT2D eigenvalue weighted by atomic mass is 10.1. The monoisotopic (exact) mass is 438 g/mol. The maximum absolute atomic E-state index is 6.59. The molecule has 1 aromatic heterocycles. The van der Waals surface area contributed by atoms with Gasteiger partial charge in [-0.05, 0) is 35.2 Å². The molecular formula is C23H20BrClN2. The van der Waals surface area contributed by atoms with Crippen LogP contribution in [0.3, 0.4) is 0 Å². The van der Waals surface area contributed by atoms with Crippen LogP contribution in [0.2, 0.25) is 0 Å². The van der Waals surface area contributed by atoms with E-state index in [1.54, 1.807) is 0 Å². The summed E-state index contributed by atoms with van der Waals surface area (Å²) < 4.78 is 2.13. The van der Waals surface area contributed by atoms with E-state index < -0.39 is 0 Å². The summed E-state index contributed by atoms with van der Waals surface area (Å²) in [7, 11) is 0. The van der Waals surface area contributed by atoms with Crippen LogP contribution in [0.15, 0.2) is 78.3 Å². The average Bonchev–Trinajstić information content (AvgIpc) is 3.04. The number of hydrogen-bond donors (Lipinski definition) is 0. The Morgan fingerprint density at radius 3 is 2.67 bits per heavy atom. The van der Waals surface area contributed by atoms with Gasteiger partial charge in [-0.15, -0.1) is 6.58 Å². The quantitative estimate of drug-likeness (QED) is 0.365. The van der Waals surface area contributed by atoms with E-state index in [2.05, 4.69) is 51.4 Å². The highest BCUT2D eigenvalue weighted by Gasteiger charge is 2.15. The molecule has 0 aliphatic heterocycles. The number of benzene rings is 2. The summed E-state index contributed by atoms with van der Waals surface area (Å²) in [4.78, 5) is 6.68. The summed E-state index contributed by atoms with van der Waals surface area (Å²) >= 11 is 9.96. The molecular weight excluding hydrogens is 420 g/mol. The van der Waals surface area contributed by atoms with Crippen molar-refractivity contribution in [3.63, 3.8) is 0 Å². The Morgan fingerprint density at radius 1 is 1.22 bits per heavy atom. The van der Waals surface area contributed by atoms with Gasteiger partial charge in [0, 0.05) is 6.08 Å². The van der Waals surface area contributed by atoms with E-state index in [9.17, 15) is 0 Å². The van der Waals surface area contributed by atoms with Crippen LogP contribution in [0.25, 0.3) is 28.2 Å². The van der Waals surface area contributed by atoms with Crippen molar-refractivity contribution in [2.24, 2.45) is 0 Å². The van der Waals surface area contributed by atoms with Crippen molar-refractivity contribution in [3.05, 3.63) is 95.3 Å².